The Balaban J connectivity index is 0. The summed E-state index contributed by atoms with van der Waals surface area (Å²) in [5, 5.41) is 20.5. The van der Waals surface area contributed by atoms with Gasteiger partial charge >= 0.3 is 23.5 Å². The molecule has 20 N–H and O–H groups in total. The highest BCUT2D eigenvalue weighted by atomic mass is 31.3. The van der Waals surface area contributed by atoms with E-state index in [1.165, 1.54) is 0 Å². The van der Waals surface area contributed by atoms with Gasteiger partial charge in [-0.3, -0.25) is 9.09 Å². The van der Waals surface area contributed by atoms with E-state index in [-0.39, 0.29) is 41.6 Å². The molecule has 35 heavy (non-hydrogen) atoms. The lowest BCUT2D eigenvalue weighted by atomic mass is 10.1. The highest BCUT2D eigenvalue weighted by Gasteiger charge is 2.47. The van der Waals surface area contributed by atoms with E-state index in [1.807, 2.05) is 0 Å². The lowest BCUT2D eigenvalue weighted by molar-refractivity contribution is -0.0503. The zero-order valence-electron chi connectivity index (χ0n) is 19.6. The molecule has 2 unspecified atom stereocenters. The number of phosphoric ester groups is 1. The second-order valence-electron chi connectivity index (χ2n) is 5.90. The quantitative estimate of drug-likeness (QED) is 0.167. The van der Waals surface area contributed by atoms with E-state index in [2.05, 4.69) is 28.1 Å². The molecule has 0 saturated carbocycles. The monoisotopic (exact) mass is 579 g/mol. The number of rotatable bonds is 8. The summed E-state index contributed by atoms with van der Waals surface area (Å²) in [5.41, 5.74) is 5.34. The van der Waals surface area contributed by atoms with E-state index >= 15 is 0 Å². The zero-order chi connectivity index (χ0) is 24.9. The van der Waals surface area contributed by atoms with Gasteiger partial charge in [0.1, 0.15) is 32.9 Å². The average Bonchev–Trinajstić information content (AvgIpc) is 3.07. The molecule has 1 aliphatic rings. The van der Waals surface area contributed by atoms with Gasteiger partial charge in [0.05, 0.1) is 12.9 Å². The van der Waals surface area contributed by atoms with E-state index in [9.17, 15) is 28.8 Å². The number of aliphatic hydroxyl groups excluding tert-OH is 2. The molecule has 206 valence electrons. The van der Waals surface area contributed by atoms with Gasteiger partial charge in [0, 0.05) is 0 Å². The van der Waals surface area contributed by atoms with Crippen LogP contribution in [-0.4, -0.2) is 74.2 Å². The Morgan fingerprint density at radius 3 is 2.17 bits per heavy atom. The van der Waals surface area contributed by atoms with Crippen LogP contribution in [0.25, 0.3) is 11.2 Å². The third-order valence-electron chi connectivity index (χ3n) is 3.69. The Hall–Kier alpha value is -1.52. The molecular formula is C10H28N9O13P3. The molecule has 2 aromatic heterocycles. The van der Waals surface area contributed by atoms with Crippen LogP contribution in [0.4, 0.5) is 5.82 Å². The van der Waals surface area contributed by atoms with Gasteiger partial charge in [-0.25, -0.2) is 28.6 Å². The van der Waals surface area contributed by atoms with Gasteiger partial charge in [-0.05, 0) is 0 Å². The molecule has 6 atom stereocenters. The average molecular weight is 579 g/mol. The Morgan fingerprint density at radius 1 is 1.00 bits per heavy atom. The molecule has 0 amide bonds. The van der Waals surface area contributed by atoms with E-state index in [0.29, 0.717) is 0 Å². The maximum Gasteiger partial charge on any atom is 0.490 e. The molecule has 0 bridgehead atoms. The number of hydrogen-bond acceptors (Lipinski definition) is 17. The van der Waals surface area contributed by atoms with Crippen molar-refractivity contribution < 1.29 is 64.1 Å². The predicted octanol–water partition coefficient (Wildman–Crippen LogP) is -0.981. The van der Waals surface area contributed by atoms with Crippen molar-refractivity contribution in [2.75, 3.05) is 12.3 Å². The second kappa shape index (κ2) is 12.6. The minimum absolute atomic E-state index is 0. The summed E-state index contributed by atoms with van der Waals surface area (Å²) in [7, 11) is -16.8. The first-order valence-corrected chi connectivity index (χ1v) is 12.3. The number of nitrogen functional groups attached to an aromatic ring is 1. The van der Waals surface area contributed by atoms with Crippen LogP contribution in [0, 0.1) is 0 Å². The van der Waals surface area contributed by atoms with Crippen LogP contribution in [0.15, 0.2) is 12.6 Å². The molecule has 3 heterocycles. The van der Waals surface area contributed by atoms with Gasteiger partial charge in [-0.15, -0.1) is 0 Å². The van der Waals surface area contributed by atoms with Crippen molar-refractivity contribution >= 4 is 40.4 Å². The van der Waals surface area contributed by atoms with Gasteiger partial charge < -0.3 is 64.9 Å². The summed E-state index contributed by atoms with van der Waals surface area (Å²) in [6.45, 7) is -1.06. The van der Waals surface area contributed by atoms with Gasteiger partial charge in [0.15, 0.2) is 17.7 Å². The minimum atomic E-state index is -5.75. The Labute approximate surface area is 199 Å². The molecule has 0 radical (unpaired) electrons. The summed E-state index contributed by atoms with van der Waals surface area (Å²) in [6.07, 6.45) is -7.86. The summed E-state index contributed by atoms with van der Waals surface area (Å²) in [4.78, 5) is 46.7. The number of phosphoric acid groups is 3. The molecule has 0 aliphatic carbocycles. The summed E-state index contributed by atoms with van der Waals surface area (Å²) < 4.78 is 67.0. The molecule has 0 spiro atoms. The third kappa shape index (κ3) is 8.53. The van der Waals surface area contributed by atoms with Gasteiger partial charge in [-0.1, -0.05) is 0 Å². The van der Waals surface area contributed by atoms with E-state index < -0.39 is 67.2 Å². The Kier molecular flexibility index (Phi) is 11.4. The standard InChI is InChI=1S/C10H16N5O13P3.4H3N/c11-8-5-9(13-2-12-8)15(3-14-5)10-7(17)6(16)4(26-10)1-25-30(21,22)28-31(23,24)27-29(18,19)20;;;;/h2-4,6-7,10,16-17H,1H2,(H,21,22)(H,23,24)(H2,11,12,13)(H2,18,19,20);4*1H3/t4-,6-,7-,10-;;;;/m1..../s1/i2T,3T;;;;. The zero-order valence-corrected chi connectivity index (χ0v) is 20.3. The van der Waals surface area contributed by atoms with Gasteiger partial charge in [0.2, 0.25) is 0 Å². The summed E-state index contributed by atoms with van der Waals surface area (Å²) >= 11 is 0. The molecule has 1 aliphatic heterocycles. The SMILES string of the molecule is N.N.N.N.[3H]c1nc(N)c2nc([3H])n([C@@H]3O[C@H](COP(=O)(O)OP(=O)(O)OP(=O)(O)O)[C@@H](O)[C@H]3O)c2n1. The van der Waals surface area contributed by atoms with Gasteiger partial charge in [0.25, 0.3) is 0 Å². The number of aliphatic hydroxyl groups is 2. The van der Waals surface area contributed by atoms with Crippen molar-refractivity contribution in [3.63, 3.8) is 0 Å². The number of fused-ring (bicyclic) bond motifs is 1. The van der Waals surface area contributed by atoms with E-state index in [1.54, 1.807) is 0 Å². The maximum atomic E-state index is 11.8. The molecule has 25 heteroatoms. The molecular weight excluding hydrogens is 547 g/mol. The fraction of sp³-hybridized carbons (Fsp3) is 0.500. The molecule has 22 nitrogen and oxygen atoms in total. The first-order chi connectivity index (χ1) is 15.0. The number of imidazole rings is 1. The highest BCUT2D eigenvalue weighted by Crippen LogP contribution is 2.66. The van der Waals surface area contributed by atoms with Crippen LogP contribution < -0.4 is 30.3 Å². The van der Waals surface area contributed by atoms with Crippen molar-refractivity contribution in [3.8, 4) is 0 Å². The van der Waals surface area contributed by atoms with Crippen molar-refractivity contribution in [1.82, 2.24) is 44.1 Å². The fourth-order valence-electron chi connectivity index (χ4n) is 2.50. The Bertz CT molecular complexity index is 1220. The lowest BCUT2D eigenvalue weighted by Crippen LogP contribution is -2.33. The Morgan fingerprint density at radius 2 is 1.60 bits per heavy atom. The van der Waals surface area contributed by atoms with E-state index in [4.69, 9.17) is 27.9 Å². The van der Waals surface area contributed by atoms with Gasteiger partial charge in [-0.2, -0.15) is 8.62 Å². The number of ether oxygens (including phenoxy) is 1. The highest BCUT2D eigenvalue weighted by molar-refractivity contribution is 7.66. The first-order valence-electron chi connectivity index (χ1n) is 8.78. The molecule has 1 saturated heterocycles. The van der Waals surface area contributed by atoms with Crippen LogP contribution in [0.2, 0.25) is 0 Å². The molecule has 0 aromatic carbocycles. The van der Waals surface area contributed by atoms with Crippen molar-refractivity contribution in [1.29, 1.82) is 0 Å². The normalized spacial score (nSPS) is 26.0. The lowest BCUT2D eigenvalue weighted by Gasteiger charge is -2.19. The predicted molar refractivity (Wildman–Crippen MR) is 116 cm³/mol. The second-order valence-corrected chi connectivity index (χ2v) is 10.3. The number of hydrogen-bond donors (Lipinski definition) is 11. The maximum absolute atomic E-state index is 11.8. The third-order valence-corrected chi connectivity index (χ3v) is 7.49. The summed E-state index contributed by atoms with van der Waals surface area (Å²) in [5.74, 6) is -0.241. The molecule has 1 fully saturated rings. The van der Waals surface area contributed by atoms with Crippen LogP contribution >= 0.6 is 23.5 Å². The number of nitrogens with zero attached hydrogens (tertiary/aromatic N) is 4. The smallest absolute Gasteiger partial charge is 0.387 e. The van der Waals surface area contributed by atoms with Crippen molar-refractivity contribution in [3.05, 3.63) is 12.6 Å². The van der Waals surface area contributed by atoms with Crippen LogP contribution in [0.5, 0.6) is 0 Å². The van der Waals surface area contributed by atoms with Crippen LogP contribution in [0.3, 0.4) is 0 Å². The topological polar surface area (TPSA) is 419 Å². The minimum Gasteiger partial charge on any atom is -0.387 e. The van der Waals surface area contributed by atoms with Crippen LogP contribution in [0.1, 0.15) is 8.97 Å². The number of aromatic nitrogens is 4. The van der Waals surface area contributed by atoms with Crippen LogP contribution in [-0.2, 0) is 31.6 Å². The van der Waals surface area contributed by atoms with Crippen molar-refractivity contribution in [2.45, 2.75) is 24.5 Å². The molecule has 2 aromatic rings. The largest absolute Gasteiger partial charge is 0.490 e. The fourth-order valence-corrected chi connectivity index (χ4v) is 5.53. The number of nitrogens with two attached hydrogens (primary N) is 1. The van der Waals surface area contributed by atoms with Crippen molar-refractivity contribution in [2.24, 2.45) is 0 Å². The molecule has 3 rings (SSSR count). The van der Waals surface area contributed by atoms with E-state index in [0.717, 1.165) is 4.57 Å². The summed E-state index contributed by atoms with van der Waals surface area (Å²) in [6, 6.07) is 0. The first kappa shape index (κ1) is 31.5. The number of anilines is 1.